The molecule has 0 aliphatic carbocycles. The average Bonchev–Trinajstić information content (AvgIpc) is 3.61. The van der Waals surface area contributed by atoms with Gasteiger partial charge in [0, 0.05) is 50.9 Å². The van der Waals surface area contributed by atoms with Crippen LogP contribution in [-0.2, 0) is 16.1 Å². The van der Waals surface area contributed by atoms with Gasteiger partial charge in [0.25, 0.3) is 5.91 Å². The Hall–Kier alpha value is -4.40. The number of nitrogens with zero attached hydrogens (tertiary/aromatic N) is 4. The van der Waals surface area contributed by atoms with Gasteiger partial charge in [-0.3, -0.25) is 19.1 Å². The van der Waals surface area contributed by atoms with Gasteiger partial charge in [0.1, 0.15) is 12.4 Å². The molecule has 3 heterocycles. The second kappa shape index (κ2) is 13.5. The van der Waals surface area contributed by atoms with E-state index >= 15 is 0 Å². The van der Waals surface area contributed by atoms with Gasteiger partial charge < -0.3 is 19.9 Å². The fourth-order valence-electron chi connectivity index (χ4n) is 5.70. The summed E-state index contributed by atoms with van der Waals surface area (Å²) < 4.78 is 7.93. The summed E-state index contributed by atoms with van der Waals surface area (Å²) in [6.45, 7) is 7.14. The minimum atomic E-state index is -0.387. The Labute approximate surface area is 247 Å². The Kier molecular flexibility index (Phi) is 9.36. The number of hydrogen-bond donors (Lipinski definition) is 1. The van der Waals surface area contributed by atoms with Crippen molar-refractivity contribution in [3.63, 3.8) is 0 Å². The predicted octanol–water partition coefficient (Wildman–Crippen LogP) is 3.90. The number of carbonyl (C=O) groups is 3. The summed E-state index contributed by atoms with van der Waals surface area (Å²) in [7, 11) is 0. The molecule has 2 aliphatic heterocycles. The Morgan fingerprint density at radius 1 is 1.05 bits per heavy atom. The van der Waals surface area contributed by atoms with Crippen molar-refractivity contribution in [1.29, 1.82) is 0 Å². The third kappa shape index (κ3) is 6.90. The highest BCUT2D eigenvalue weighted by Gasteiger charge is 2.40. The van der Waals surface area contributed by atoms with Gasteiger partial charge in [-0.05, 0) is 49.1 Å². The van der Waals surface area contributed by atoms with Crippen molar-refractivity contribution in [3.05, 3.63) is 89.3 Å². The van der Waals surface area contributed by atoms with E-state index < -0.39 is 0 Å². The number of rotatable bonds is 5. The lowest BCUT2D eigenvalue weighted by Crippen LogP contribution is -2.39. The summed E-state index contributed by atoms with van der Waals surface area (Å²) >= 11 is 0. The molecule has 2 aromatic carbocycles. The monoisotopic (exact) mass is 569 g/mol. The van der Waals surface area contributed by atoms with Crippen LogP contribution in [0.2, 0.25) is 0 Å². The quantitative estimate of drug-likeness (QED) is 0.471. The zero-order valence-corrected chi connectivity index (χ0v) is 24.4. The molecular formula is C33H39N5O4. The number of benzene rings is 2. The Morgan fingerprint density at radius 2 is 1.86 bits per heavy atom. The van der Waals surface area contributed by atoms with Gasteiger partial charge in [-0.15, -0.1) is 0 Å². The largest absolute Gasteiger partial charge is 0.492 e. The molecule has 1 aromatic heterocycles. The maximum Gasteiger partial charge on any atom is 0.257 e. The molecule has 2 aliphatic rings. The number of carbonyl (C=O) groups excluding carboxylic acids is 3. The number of aryl methyl sites for hydroxylation is 2. The molecule has 2 bridgehead atoms. The van der Waals surface area contributed by atoms with Gasteiger partial charge in [-0.1, -0.05) is 49.4 Å². The van der Waals surface area contributed by atoms with Gasteiger partial charge in [0.2, 0.25) is 11.8 Å². The zero-order chi connectivity index (χ0) is 29.5. The second-order valence-corrected chi connectivity index (χ2v) is 10.9. The zero-order valence-electron chi connectivity index (χ0n) is 24.4. The van der Waals surface area contributed by atoms with Crippen molar-refractivity contribution in [1.82, 2.24) is 24.9 Å². The van der Waals surface area contributed by atoms with Gasteiger partial charge in [0.05, 0.1) is 23.7 Å². The molecule has 0 saturated carbocycles. The molecule has 9 heteroatoms. The number of hydrogen-bond acceptors (Lipinski definition) is 5. The van der Waals surface area contributed by atoms with E-state index in [1.807, 2.05) is 72.4 Å². The minimum absolute atomic E-state index is 0.0831. The number of aromatic nitrogens is 2. The van der Waals surface area contributed by atoms with Crippen molar-refractivity contribution >= 4 is 23.8 Å². The number of likely N-dealkylation sites (tertiary alicyclic amines) is 1. The first kappa shape index (κ1) is 29.1. The van der Waals surface area contributed by atoms with E-state index in [9.17, 15) is 14.4 Å². The molecule has 2 atom stereocenters. The van der Waals surface area contributed by atoms with Crippen LogP contribution in [0.3, 0.4) is 0 Å². The summed E-state index contributed by atoms with van der Waals surface area (Å²) in [5.41, 5.74) is 3.21. The molecule has 3 aromatic rings. The third-order valence-electron chi connectivity index (χ3n) is 7.92. The molecule has 5 rings (SSSR count). The fraction of sp³-hybridized carbons (Fsp3) is 0.394. The van der Waals surface area contributed by atoms with Crippen molar-refractivity contribution in [3.8, 4) is 5.75 Å². The van der Waals surface area contributed by atoms with E-state index in [4.69, 9.17) is 4.74 Å². The standard InChI is InChI=1S/C33H39N5O4/c1-3-16-38-23-28(24(2)35-38)33(41)36-17-8-15-34-32(40)30-22-37(31(39)14-13-25-9-5-4-6-10-25)21-29(30)26-11-7-12-27(20-26)42-19-18-36/h4-7,9-14,20,23,29-30H,3,8,15-19,21-22H2,1-2H3,(H,34,40)/b14-13+/t29-,30+/m1/s1. The minimum Gasteiger partial charge on any atom is -0.492 e. The average molecular weight is 570 g/mol. The van der Waals surface area contributed by atoms with E-state index in [0.29, 0.717) is 62.8 Å². The van der Waals surface area contributed by atoms with Crippen molar-refractivity contribution < 1.29 is 19.1 Å². The van der Waals surface area contributed by atoms with E-state index in [1.165, 1.54) is 0 Å². The summed E-state index contributed by atoms with van der Waals surface area (Å²) in [5.74, 6) is -0.138. The number of ether oxygens (including phenoxy) is 1. The summed E-state index contributed by atoms with van der Waals surface area (Å²) in [5, 5.41) is 7.58. The maximum atomic E-state index is 13.5. The highest BCUT2D eigenvalue weighted by Crippen LogP contribution is 2.35. The van der Waals surface area contributed by atoms with Crippen LogP contribution < -0.4 is 10.1 Å². The smallest absolute Gasteiger partial charge is 0.257 e. The summed E-state index contributed by atoms with van der Waals surface area (Å²) in [6.07, 6.45) is 6.74. The van der Waals surface area contributed by atoms with Crippen LogP contribution in [-0.4, -0.2) is 76.6 Å². The molecular weight excluding hydrogens is 530 g/mol. The van der Waals surface area contributed by atoms with E-state index in [0.717, 1.165) is 24.1 Å². The van der Waals surface area contributed by atoms with Crippen LogP contribution >= 0.6 is 0 Å². The lowest BCUT2D eigenvalue weighted by atomic mass is 9.88. The second-order valence-electron chi connectivity index (χ2n) is 10.9. The van der Waals surface area contributed by atoms with Crippen LogP contribution in [0.4, 0.5) is 0 Å². The topological polar surface area (TPSA) is 96.8 Å². The van der Waals surface area contributed by atoms with Crippen LogP contribution in [0.15, 0.2) is 66.9 Å². The molecule has 42 heavy (non-hydrogen) atoms. The molecule has 1 saturated heterocycles. The van der Waals surface area contributed by atoms with Crippen LogP contribution in [0.5, 0.6) is 5.75 Å². The lowest BCUT2D eigenvalue weighted by molar-refractivity contribution is -0.126. The molecule has 3 amide bonds. The Balaban J connectivity index is 1.31. The predicted molar refractivity (Wildman–Crippen MR) is 161 cm³/mol. The van der Waals surface area contributed by atoms with Crippen molar-refractivity contribution in [2.45, 2.75) is 39.2 Å². The first-order chi connectivity index (χ1) is 20.4. The Bertz CT molecular complexity index is 1430. The number of amides is 3. The normalized spacial score (nSPS) is 19.6. The first-order valence-corrected chi connectivity index (χ1v) is 14.8. The summed E-state index contributed by atoms with van der Waals surface area (Å²) in [4.78, 5) is 43.6. The highest BCUT2D eigenvalue weighted by molar-refractivity contribution is 5.95. The third-order valence-corrected chi connectivity index (χ3v) is 7.92. The molecule has 220 valence electrons. The highest BCUT2D eigenvalue weighted by atomic mass is 16.5. The number of fused-ring (bicyclic) bond motifs is 4. The summed E-state index contributed by atoms with van der Waals surface area (Å²) in [6, 6.07) is 17.4. The van der Waals surface area contributed by atoms with Crippen LogP contribution in [0.1, 0.15) is 52.9 Å². The van der Waals surface area contributed by atoms with Gasteiger partial charge in [-0.25, -0.2) is 0 Å². The first-order valence-electron chi connectivity index (χ1n) is 14.8. The van der Waals surface area contributed by atoms with E-state index in [2.05, 4.69) is 17.3 Å². The lowest BCUT2D eigenvalue weighted by Gasteiger charge is -2.24. The maximum absolute atomic E-state index is 13.5. The Morgan fingerprint density at radius 3 is 2.67 bits per heavy atom. The van der Waals surface area contributed by atoms with E-state index in [-0.39, 0.29) is 29.6 Å². The number of nitrogens with one attached hydrogen (secondary N) is 1. The molecule has 9 nitrogen and oxygen atoms in total. The van der Waals surface area contributed by atoms with E-state index in [1.54, 1.807) is 22.0 Å². The molecule has 0 spiro atoms. The fourth-order valence-corrected chi connectivity index (χ4v) is 5.70. The molecule has 1 N–H and O–H groups in total. The van der Waals surface area contributed by atoms with Crippen LogP contribution in [0, 0.1) is 12.8 Å². The SMILES string of the molecule is CCCn1cc(C(=O)N2CCCNC(=O)[C@H]3CN(C(=O)/C=C/c4ccccc4)C[C@@H]3c3cccc(c3)OCC2)c(C)n1. The van der Waals surface area contributed by atoms with Gasteiger partial charge in [0.15, 0.2) is 0 Å². The molecule has 0 unspecified atom stereocenters. The molecule has 1 fully saturated rings. The van der Waals surface area contributed by atoms with Gasteiger partial charge in [-0.2, -0.15) is 5.10 Å². The van der Waals surface area contributed by atoms with Crippen molar-refractivity contribution in [2.24, 2.45) is 5.92 Å². The van der Waals surface area contributed by atoms with Crippen LogP contribution in [0.25, 0.3) is 6.08 Å². The van der Waals surface area contributed by atoms with Gasteiger partial charge >= 0.3 is 0 Å². The molecule has 0 radical (unpaired) electrons. The van der Waals surface area contributed by atoms with Crippen molar-refractivity contribution in [2.75, 3.05) is 39.3 Å².